The quantitative estimate of drug-likeness (QED) is 0.264. The SMILES string of the molecule is COCC(=O)OC1(C(=O)SC)CCC2C3CCC4=CC(=Nc5cccc(C(=O)N6CCCC6C(N)=O)c5)C(C=N)CC4(C)C3C(O)CC21C. The molecule has 5 aliphatic rings. The van der Waals surface area contributed by atoms with Crippen LogP contribution in [-0.2, 0) is 23.9 Å². The van der Waals surface area contributed by atoms with Crippen molar-refractivity contribution in [3.8, 4) is 0 Å². The van der Waals surface area contributed by atoms with Crippen LogP contribution in [0, 0.1) is 39.9 Å². The van der Waals surface area contributed by atoms with Crippen molar-refractivity contribution in [1.29, 1.82) is 5.41 Å². The lowest BCUT2D eigenvalue weighted by Gasteiger charge is -2.61. The molecule has 0 aromatic heterocycles. The van der Waals surface area contributed by atoms with Crippen LogP contribution in [0.5, 0.6) is 0 Å². The van der Waals surface area contributed by atoms with E-state index in [-0.39, 0.29) is 41.3 Å². The Balaban J connectivity index is 1.29. The summed E-state index contributed by atoms with van der Waals surface area (Å²) in [6.45, 7) is 4.46. The van der Waals surface area contributed by atoms with Crippen LogP contribution in [0.25, 0.3) is 0 Å². The highest BCUT2D eigenvalue weighted by Gasteiger charge is 2.70. The van der Waals surface area contributed by atoms with Gasteiger partial charge in [-0.1, -0.05) is 37.2 Å². The molecule has 3 saturated carbocycles. The zero-order valence-electron chi connectivity index (χ0n) is 28.8. The van der Waals surface area contributed by atoms with Gasteiger partial charge in [-0.3, -0.25) is 19.4 Å². The number of benzene rings is 1. The van der Waals surface area contributed by atoms with Gasteiger partial charge in [-0.25, -0.2) is 4.79 Å². The van der Waals surface area contributed by atoms with Gasteiger partial charge in [0.25, 0.3) is 5.91 Å². The molecule has 12 heteroatoms. The van der Waals surface area contributed by atoms with Crippen molar-refractivity contribution in [1.82, 2.24) is 4.90 Å². The number of nitrogens with zero attached hydrogens (tertiary/aromatic N) is 2. The highest BCUT2D eigenvalue weighted by Crippen LogP contribution is 2.69. The number of nitrogens with two attached hydrogens (primary N) is 1. The molecule has 9 unspecified atom stereocenters. The van der Waals surface area contributed by atoms with E-state index >= 15 is 0 Å². The second-order valence-corrected chi connectivity index (χ2v) is 15.8. The number of hydrogen-bond donors (Lipinski definition) is 3. The number of carbonyl (C=O) groups excluding carboxylic acids is 4. The fraction of sp³-hybridized carbons (Fsp3) is 0.622. The Labute approximate surface area is 291 Å². The Bertz CT molecular complexity index is 1610. The number of aliphatic imine (C=N–C) groups is 1. The molecule has 2 amide bonds. The summed E-state index contributed by atoms with van der Waals surface area (Å²) in [5.74, 6) is -1.54. The molecular formula is C37H48N4O7S. The van der Waals surface area contributed by atoms with Gasteiger partial charge in [0.15, 0.2) is 5.60 Å². The molecule has 6 rings (SSSR count). The van der Waals surface area contributed by atoms with E-state index in [0.29, 0.717) is 43.5 Å². The van der Waals surface area contributed by atoms with Gasteiger partial charge in [0.1, 0.15) is 12.6 Å². The number of thioether (sulfide) groups is 1. The lowest BCUT2D eigenvalue weighted by Crippen LogP contribution is -2.62. The van der Waals surface area contributed by atoms with Crippen LogP contribution in [0.2, 0.25) is 0 Å². The third-order valence-corrected chi connectivity index (χ3v) is 13.3. The van der Waals surface area contributed by atoms with Crippen molar-refractivity contribution in [2.45, 2.75) is 83.0 Å². The largest absolute Gasteiger partial charge is 0.448 e. The highest BCUT2D eigenvalue weighted by molar-refractivity contribution is 8.13. The lowest BCUT2D eigenvalue weighted by atomic mass is 9.45. The van der Waals surface area contributed by atoms with E-state index in [0.717, 1.165) is 43.2 Å². The minimum absolute atomic E-state index is 0.0734. The predicted octanol–water partition coefficient (Wildman–Crippen LogP) is 4.48. The van der Waals surface area contributed by atoms with Crippen molar-refractivity contribution in [3.05, 3.63) is 41.5 Å². The number of fused-ring (bicyclic) bond motifs is 5. The van der Waals surface area contributed by atoms with Crippen molar-refractivity contribution in [2.24, 2.45) is 45.2 Å². The van der Waals surface area contributed by atoms with E-state index in [1.54, 1.807) is 24.5 Å². The summed E-state index contributed by atoms with van der Waals surface area (Å²) in [6.07, 6.45) is 9.46. The van der Waals surface area contributed by atoms with Crippen LogP contribution in [0.15, 0.2) is 40.9 Å². The molecule has 4 aliphatic carbocycles. The first-order chi connectivity index (χ1) is 23.3. The van der Waals surface area contributed by atoms with Gasteiger partial charge in [0, 0.05) is 42.5 Å². The minimum atomic E-state index is -1.33. The normalized spacial score (nSPS) is 37.4. The molecule has 1 aromatic rings. The van der Waals surface area contributed by atoms with E-state index in [4.69, 9.17) is 25.6 Å². The number of ether oxygens (including phenoxy) is 2. The van der Waals surface area contributed by atoms with Gasteiger partial charge >= 0.3 is 5.97 Å². The number of nitrogens with one attached hydrogen (secondary N) is 1. The van der Waals surface area contributed by atoms with Gasteiger partial charge in [-0.05, 0) is 105 Å². The summed E-state index contributed by atoms with van der Waals surface area (Å²) in [6, 6.07) is 6.44. The number of amides is 2. The van der Waals surface area contributed by atoms with E-state index in [1.165, 1.54) is 23.8 Å². The highest BCUT2D eigenvalue weighted by atomic mass is 32.2. The number of hydrogen-bond acceptors (Lipinski definition) is 10. The average molecular weight is 693 g/mol. The van der Waals surface area contributed by atoms with Crippen LogP contribution in [0.3, 0.4) is 0 Å². The Hall–Kier alpha value is -3.35. The van der Waals surface area contributed by atoms with Crippen LogP contribution in [-0.4, -0.2) is 89.1 Å². The zero-order chi connectivity index (χ0) is 35.3. The standard InChI is InChI=1S/C37H48N4O7S/c1-35-17-22(19-38)27(40-24-8-5-7-21(15-24)33(45)41-14-6-9-28(41)32(39)44)16-23(35)10-11-25-26-12-13-37(34(46)49-4,48-30(43)20-47-3)36(26,2)18-29(42)31(25)35/h5,7-8,15-16,19,22,25-26,28-29,31,38,42H,6,9-14,17-18,20H2,1-4H3,(H2,39,44). The first kappa shape index (κ1) is 35.5. The Kier molecular flexibility index (Phi) is 9.71. The topological polar surface area (TPSA) is 172 Å². The predicted molar refractivity (Wildman–Crippen MR) is 187 cm³/mol. The number of rotatable bonds is 8. The van der Waals surface area contributed by atoms with Crippen molar-refractivity contribution < 1.29 is 33.8 Å². The molecule has 0 radical (unpaired) electrons. The van der Waals surface area contributed by atoms with Crippen molar-refractivity contribution in [2.75, 3.05) is 26.5 Å². The summed E-state index contributed by atoms with van der Waals surface area (Å²) in [4.78, 5) is 58.1. The zero-order valence-corrected chi connectivity index (χ0v) is 29.6. The molecule has 1 heterocycles. The van der Waals surface area contributed by atoms with E-state index < -0.39 is 40.5 Å². The number of carbonyl (C=O) groups is 4. The summed E-state index contributed by atoms with van der Waals surface area (Å²) >= 11 is 1.07. The van der Waals surface area contributed by atoms with Crippen LogP contribution >= 0.6 is 11.8 Å². The van der Waals surface area contributed by atoms with Gasteiger partial charge in [-0.15, -0.1) is 0 Å². The number of aliphatic hydroxyl groups excluding tert-OH is 1. The molecule has 0 spiro atoms. The summed E-state index contributed by atoms with van der Waals surface area (Å²) in [5.41, 5.74) is 6.06. The number of methoxy groups -OCH3 is 1. The third-order valence-electron chi connectivity index (χ3n) is 12.6. The molecule has 4 N–H and O–H groups in total. The van der Waals surface area contributed by atoms with Gasteiger partial charge in [0.05, 0.1) is 11.8 Å². The van der Waals surface area contributed by atoms with Gasteiger partial charge < -0.3 is 30.6 Å². The van der Waals surface area contributed by atoms with Crippen LogP contribution in [0.4, 0.5) is 5.69 Å². The Morgan fingerprint density at radius 1 is 1.18 bits per heavy atom. The smallest absolute Gasteiger partial charge is 0.333 e. The number of esters is 1. The third kappa shape index (κ3) is 5.77. The maximum Gasteiger partial charge on any atom is 0.333 e. The van der Waals surface area contributed by atoms with E-state index in [1.807, 2.05) is 13.0 Å². The molecule has 1 aromatic carbocycles. The van der Waals surface area contributed by atoms with Crippen molar-refractivity contribution in [3.63, 3.8) is 0 Å². The fourth-order valence-electron chi connectivity index (χ4n) is 10.5. The molecule has 1 aliphatic heterocycles. The molecule has 1 saturated heterocycles. The summed E-state index contributed by atoms with van der Waals surface area (Å²) < 4.78 is 11.1. The summed E-state index contributed by atoms with van der Waals surface area (Å²) in [5, 5.41) is 20.3. The number of allylic oxidation sites excluding steroid dienone is 2. The number of primary amides is 1. The second-order valence-electron chi connectivity index (χ2n) is 15.0. The Morgan fingerprint density at radius 3 is 2.65 bits per heavy atom. The first-order valence-electron chi connectivity index (χ1n) is 17.3. The lowest BCUT2D eigenvalue weighted by molar-refractivity contribution is -0.199. The molecule has 0 bridgehead atoms. The first-order valence-corrected chi connectivity index (χ1v) is 18.5. The number of aliphatic hydroxyl groups is 1. The minimum Gasteiger partial charge on any atom is -0.448 e. The number of likely N-dealkylation sites (tertiary alicyclic amines) is 1. The molecule has 4 fully saturated rings. The monoisotopic (exact) mass is 692 g/mol. The summed E-state index contributed by atoms with van der Waals surface area (Å²) in [7, 11) is 1.42. The molecular weight excluding hydrogens is 644 g/mol. The molecule has 264 valence electrons. The van der Waals surface area contributed by atoms with Gasteiger partial charge in [-0.2, -0.15) is 0 Å². The maximum atomic E-state index is 13.6. The second kappa shape index (κ2) is 13.4. The van der Waals surface area contributed by atoms with Gasteiger partial charge in [0.2, 0.25) is 11.0 Å². The van der Waals surface area contributed by atoms with Crippen LogP contribution in [0.1, 0.15) is 75.6 Å². The maximum absolute atomic E-state index is 13.6. The average Bonchev–Trinajstić information content (AvgIpc) is 3.67. The Morgan fingerprint density at radius 2 is 1.96 bits per heavy atom. The molecule has 11 nitrogen and oxygen atoms in total. The van der Waals surface area contributed by atoms with Crippen LogP contribution < -0.4 is 5.73 Å². The van der Waals surface area contributed by atoms with E-state index in [9.17, 15) is 24.3 Å². The van der Waals surface area contributed by atoms with E-state index in [2.05, 4.69) is 13.0 Å². The fourth-order valence-corrected chi connectivity index (χ4v) is 11.2. The molecule has 9 atom stereocenters. The van der Waals surface area contributed by atoms with Crippen molar-refractivity contribution >= 4 is 52.3 Å². The molecule has 49 heavy (non-hydrogen) atoms.